The van der Waals surface area contributed by atoms with Gasteiger partial charge in [-0.15, -0.1) is 0 Å². The van der Waals surface area contributed by atoms with Crippen molar-refractivity contribution in [2.24, 2.45) is 5.92 Å². The average Bonchev–Trinajstić information content (AvgIpc) is 3.03. The smallest absolute Gasteiger partial charge is 0.229 e. The van der Waals surface area contributed by atoms with Crippen LogP contribution in [0.15, 0.2) is 48.5 Å². The SMILES string of the molecule is N#Cc1ccc(NC(=O)C2CC(=O)N(CCc3ccccc3F)C2)cc1. The molecule has 1 unspecified atom stereocenters. The number of rotatable bonds is 5. The fraction of sp³-hybridized carbons (Fsp3) is 0.250. The zero-order valence-electron chi connectivity index (χ0n) is 14.1. The van der Waals surface area contributed by atoms with Gasteiger partial charge < -0.3 is 10.2 Å². The Morgan fingerprint density at radius 1 is 1.23 bits per heavy atom. The number of nitriles is 1. The van der Waals surface area contributed by atoms with Crippen LogP contribution in [0, 0.1) is 23.1 Å². The van der Waals surface area contributed by atoms with Crippen molar-refractivity contribution in [2.45, 2.75) is 12.8 Å². The molecule has 2 aromatic rings. The first-order chi connectivity index (χ1) is 12.6. The van der Waals surface area contributed by atoms with Gasteiger partial charge in [0.05, 0.1) is 17.6 Å². The van der Waals surface area contributed by atoms with Crippen molar-refractivity contribution in [3.05, 3.63) is 65.5 Å². The molecule has 0 radical (unpaired) electrons. The number of nitrogens with zero attached hydrogens (tertiary/aromatic N) is 2. The highest BCUT2D eigenvalue weighted by molar-refractivity contribution is 5.97. The maximum absolute atomic E-state index is 13.7. The van der Waals surface area contributed by atoms with Crippen LogP contribution in [0.2, 0.25) is 0 Å². The van der Waals surface area contributed by atoms with Gasteiger partial charge in [-0.3, -0.25) is 9.59 Å². The first-order valence-corrected chi connectivity index (χ1v) is 8.39. The van der Waals surface area contributed by atoms with Crippen molar-refractivity contribution in [1.82, 2.24) is 4.90 Å². The van der Waals surface area contributed by atoms with E-state index in [2.05, 4.69) is 5.32 Å². The molecule has 6 heteroatoms. The van der Waals surface area contributed by atoms with Crippen molar-refractivity contribution in [2.75, 3.05) is 18.4 Å². The topological polar surface area (TPSA) is 73.2 Å². The summed E-state index contributed by atoms with van der Waals surface area (Å²) >= 11 is 0. The number of hydrogen-bond acceptors (Lipinski definition) is 3. The molecule has 5 nitrogen and oxygen atoms in total. The van der Waals surface area contributed by atoms with Crippen molar-refractivity contribution in [3.63, 3.8) is 0 Å². The molecule has 132 valence electrons. The van der Waals surface area contributed by atoms with Gasteiger partial charge in [-0.25, -0.2) is 4.39 Å². The highest BCUT2D eigenvalue weighted by atomic mass is 19.1. The van der Waals surface area contributed by atoms with E-state index >= 15 is 0 Å². The van der Waals surface area contributed by atoms with Crippen LogP contribution in [0.3, 0.4) is 0 Å². The van der Waals surface area contributed by atoms with Crippen molar-refractivity contribution in [1.29, 1.82) is 5.26 Å². The number of carbonyl (C=O) groups is 2. The largest absolute Gasteiger partial charge is 0.342 e. The third-order valence-electron chi connectivity index (χ3n) is 4.48. The third kappa shape index (κ3) is 4.06. The first kappa shape index (κ1) is 17.6. The molecule has 2 amide bonds. The van der Waals surface area contributed by atoms with E-state index in [1.807, 2.05) is 6.07 Å². The number of hydrogen-bond donors (Lipinski definition) is 1. The van der Waals surface area contributed by atoms with Gasteiger partial charge >= 0.3 is 0 Å². The van der Waals surface area contributed by atoms with Crippen LogP contribution < -0.4 is 5.32 Å². The molecule has 1 saturated heterocycles. The molecule has 1 fully saturated rings. The Hall–Kier alpha value is -3.20. The van der Waals surface area contributed by atoms with Crippen LogP contribution in [0.4, 0.5) is 10.1 Å². The van der Waals surface area contributed by atoms with Gasteiger partial charge in [0.2, 0.25) is 11.8 Å². The normalized spacial score (nSPS) is 16.4. The number of nitrogens with one attached hydrogen (secondary N) is 1. The minimum atomic E-state index is -0.432. The van der Waals surface area contributed by atoms with Gasteiger partial charge in [-0.2, -0.15) is 5.26 Å². The number of carbonyl (C=O) groups excluding carboxylic acids is 2. The Bertz CT molecular complexity index is 858. The average molecular weight is 351 g/mol. The molecule has 1 atom stereocenters. The van der Waals surface area contributed by atoms with E-state index in [9.17, 15) is 14.0 Å². The Labute approximate surface area is 151 Å². The summed E-state index contributed by atoms with van der Waals surface area (Å²) in [6.45, 7) is 0.718. The van der Waals surface area contributed by atoms with E-state index in [1.54, 1.807) is 47.4 Å². The molecule has 1 aliphatic heterocycles. The Morgan fingerprint density at radius 3 is 2.65 bits per heavy atom. The molecule has 3 rings (SSSR count). The van der Waals surface area contributed by atoms with Gasteiger partial charge in [0.25, 0.3) is 0 Å². The number of benzene rings is 2. The Morgan fingerprint density at radius 2 is 1.96 bits per heavy atom. The molecular weight excluding hydrogens is 333 g/mol. The molecule has 0 spiro atoms. The highest BCUT2D eigenvalue weighted by Crippen LogP contribution is 2.21. The molecule has 1 aliphatic rings. The summed E-state index contributed by atoms with van der Waals surface area (Å²) in [4.78, 5) is 26.1. The van der Waals surface area contributed by atoms with Crippen molar-refractivity contribution in [3.8, 4) is 6.07 Å². The lowest BCUT2D eigenvalue weighted by Gasteiger charge is -2.17. The number of halogens is 1. The Balaban J connectivity index is 1.55. The lowest BCUT2D eigenvalue weighted by Crippen LogP contribution is -2.30. The molecule has 1 N–H and O–H groups in total. The van der Waals surface area contributed by atoms with Gasteiger partial charge in [-0.05, 0) is 42.3 Å². The van der Waals surface area contributed by atoms with E-state index in [0.717, 1.165) is 0 Å². The highest BCUT2D eigenvalue weighted by Gasteiger charge is 2.34. The number of anilines is 1. The van der Waals surface area contributed by atoms with Crippen LogP contribution in [-0.4, -0.2) is 29.8 Å². The van der Waals surface area contributed by atoms with Crippen LogP contribution >= 0.6 is 0 Å². The van der Waals surface area contributed by atoms with Gasteiger partial charge in [0.15, 0.2) is 0 Å². The summed E-state index contributed by atoms with van der Waals surface area (Å²) in [5.74, 6) is -1.04. The van der Waals surface area contributed by atoms with Gasteiger partial charge in [0.1, 0.15) is 5.82 Å². The Kier molecular flexibility index (Phi) is 5.28. The molecule has 0 aliphatic carbocycles. The van der Waals surface area contributed by atoms with E-state index in [0.29, 0.717) is 36.3 Å². The van der Waals surface area contributed by atoms with Crippen LogP contribution in [0.5, 0.6) is 0 Å². The molecule has 2 aromatic carbocycles. The van der Waals surface area contributed by atoms with Crippen LogP contribution in [0.25, 0.3) is 0 Å². The van der Waals surface area contributed by atoms with Crippen LogP contribution in [0.1, 0.15) is 17.5 Å². The van der Waals surface area contributed by atoms with Crippen LogP contribution in [-0.2, 0) is 16.0 Å². The fourth-order valence-electron chi connectivity index (χ4n) is 2.99. The lowest BCUT2D eigenvalue weighted by molar-refractivity contribution is -0.128. The number of amides is 2. The molecule has 0 aromatic heterocycles. The molecule has 26 heavy (non-hydrogen) atoms. The predicted molar refractivity (Wildman–Crippen MR) is 94.6 cm³/mol. The summed E-state index contributed by atoms with van der Waals surface area (Å²) in [6.07, 6.45) is 0.571. The van der Waals surface area contributed by atoms with Gasteiger partial charge in [0, 0.05) is 25.2 Å². The summed E-state index contributed by atoms with van der Waals surface area (Å²) in [5.41, 5.74) is 1.66. The van der Waals surface area contributed by atoms with E-state index < -0.39 is 5.92 Å². The minimum absolute atomic E-state index is 0.0960. The predicted octanol–water partition coefficient (Wildman–Crippen LogP) is 2.73. The zero-order chi connectivity index (χ0) is 18.5. The second kappa shape index (κ2) is 7.79. The van der Waals surface area contributed by atoms with Crippen molar-refractivity contribution >= 4 is 17.5 Å². The molecule has 0 saturated carbocycles. The molecule has 0 bridgehead atoms. The second-order valence-electron chi connectivity index (χ2n) is 6.26. The summed E-state index contributed by atoms with van der Waals surface area (Å²) < 4.78 is 13.7. The van der Waals surface area contributed by atoms with Gasteiger partial charge in [-0.1, -0.05) is 18.2 Å². The standard InChI is InChI=1S/C20H18FN3O2/c21-18-4-2-1-3-15(18)9-10-24-13-16(11-19(24)25)20(26)23-17-7-5-14(12-22)6-8-17/h1-8,16H,9-11,13H2,(H,23,26). The summed E-state index contributed by atoms with van der Waals surface area (Å²) in [6, 6.07) is 15.1. The van der Waals surface area contributed by atoms with Crippen molar-refractivity contribution < 1.29 is 14.0 Å². The van der Waals surface area contributed by atoms with E-state index in [4.69, 9.17) is 5.26 Å². The maximum Gasteiger partial charge on any atom is 0.229 e. The fourth-order valence-corrected chi connectivity index (χ4v) is 2.99. The number of likely N-dealkylation sites (tertiary alicyclic amines) is 1. The maximum atomic E-state index is 13.7. The van der Waals surface area contributed by atoms with E-state index in [-0.39, 0.29) is 24.1 Å². The zero-order valence-corrected chi connectivity index (χ0v) is 14.1. The second-order valence-corrected chi connectivity index (χ2v) is 6.26. The minimum Gasteiger partial charge on any atom is -0.342 e. The lowest BCUT2D eigenvalue weighted by atomic mass is 10.1. The monoisotopic (exact) mass is 351 g/mol. The van der Waals surface area contributed by atoms with E-state index in [1.165, 1.54) is 6.07 Å². The molecule has 1 heterocycles. The quantitative estimate of drug-likeness (QED) is 0.900. The summed E-state index contributed by atoms with van der Waals surface area (Å²) in [5, 5.41) is 11.6. The third-order valence-corrected chi connectivity index (χ3v) is 4.48. The first-order valence-electron chi connectivity index (χ1n) is 8.39. The summed E-state index contributed by atoms with van der Waals surface area (Å²) in [7, 11) is 0. The molecular formula is C20H18FN3O2.